The topological polar surface area (TPSA) is 58.0 Å². The van der Waals surface area contributed by atoms with Crippen LogP contribution in [-0.2, 0) is 0 Å². The molecule has 5 heteroatoms. The predicted octanol–water partition coefficient (Wildman–Crippen LogP) is 3.82. The highest BCUT2D eigenvalue weighted by atomic mass is 19.1. The van der Waals surface area contributed by atoms with Crippen molar-refractivity contribution in [2.45, 2.75) is 19.1 Å². The van der Waals surface area contributed by atoms with Crippen LogP contribution in [0.5, 0.6) is 0 Å². The molecule has 1 heterocycles. The number of hydrogen-bond donors (Lipinski definition) is 2. The van der Waals surface area contributed by atoms with Crippen LogP contribution in [0.3, 0.4) is 0 Å². The summed E-state index contributed by atoms with van der Waals surface area (Å²) < 4.78 is 13.0. The van der Waals surface area contributed by atoms with E-state index in [2.05, 4.69) is 15.3 Å². The maximum Gasteiger partial charge on any atom is 0.161 e. The van der Waals surface area contributed by atoms with Crippen LogP contribution in [0.15, 0.2) is 66.9 Å². The molecule has 0 saturated carbocycles. The lowest BCUT2D eigenvalue weighted by Crippen LogP contribution is -2.24. The minimum absolute atomic E-state index is 0.297. The van der Waals surface area contributed by atoms with E-state index < -0.39 is 6.10 Å². The number of halogens is 1. The number of aliphatic hydroxyl groups excluding tert-OH is 1. The Morgan fingerprint density at radius 2 is 1.71 bits per heavy atom. The largest absolute Gasteiger partial charge is 0.386 e. The summed E-state index contributed by atoms with van der Waals surface area (Å²) in [5.74, 6) is 0.913. The molecule has 0 aliphatic carbocycles. The van der Waals surface area contributed by atoms with Crippen LogP contribution in [-0.4, -0.2) is 21.1 Å². The van der Waals surface area contributed by atoms with Crippen LogP contribution >= 0.6 is 0 Å². The Hall–Kier alpha value is -2.79. The zero-order valence-electron chi connectivity index (χ0n) is 13.2. The van der Waals surface area contributed by atoms with Gasteiger partial charge in [0.05, 0.1) is 12.1 Å². The Balaban J connectivity index is 1.74. The fraction of sp³-hybridized carbons (Fsp3) is 0.158. The minimum Gasteiger partial charge on any atom is -0.386 e. The van der Waals surface area contributed by atoms with E-state index in [0.717, 1.165) is 5.56 Å². The van der Waals surface area contributed by atoms with E-state index in [1.165, 1.54) is 12.1 Å². The van der Waals surface area contributed by atoms with Gasteiger partial charge < -0.3 is 10.4 Å². The first kappa shape index (κ1) is 16.1. The minimum atomic E-state index is -0.777. The van der Waals surface area contributed by atoms with Crippen LogP contribution < -0.4 is 5.32 Å². The van der Waals surface area contributed by atoms with Crippen molar-refractivity contribution >= 4 is 5.82 Å². The van der Waals surface area contributed by atoms with Gasteiger partial charge in [-0.25, -0.2) is 14.4 Å². The third-order valence-corrected chi connectivity index (χ3v) is 3.75. The Morgan fingerprint density at radius 3 is 2.42 bits per heavy atom. The highest BCUT2D eigenvalue weighted by Crippen LogP contribution is 2.21. The van der Waals surface area contributed by atoms with Gasteiger partial charge in [-0.05, 0) is 30.7 Å². The molecule has 2 N–H and O–H groups in total. The van der Waals surface area contributed by atoms with Gasteiger partial charge in [0, 0.05) is 11.8 Å². The van der Waals surface area contributed by atoms with E-state index in [1.807, 2.05) is 37.3 Å². The standard InChI is InChI=1S/C19H18FN3O/c1-13(18(24)14-7-9-16(20)10-8-14)22-17-11-12-21-19(23-17)15-5-3-2-4-6-15/h2-13,18,24H,1H3,(H,21,22,23). The molecule has 0 saturated heterocycles. The zero-order chi connectivity index (χ0) is 16.9. The molecule has 0 aliphatic rings. The average Bonchev–Trinajstić information content (AvgIpc) is 2.63. The summed E-state index contributed by atoms with van der Waals surface area (Å²) in [6.45, 7) is 1.85. The molecule has 2 atom stereocenters. The van der Waals surface area contributed by atoms with E-state index in [9.17, 15) is 9.50 Å². The van der Waals surface area contributed by atoms with Crippen molar-refractivity contribution in [2.75, 3.05) is 5.32 Å². The van der Waals surface area contributed by atoms with Crippen LogP contribution in [0, 0.1) is 5.82 Å². The molecule has 0 aliphatic heterocycles. The molecule has 2 unspecified atom stereocenters. The highest BCUT2D eigenvalue weighted by molar-refractivity contribution is 5.56. The first-order valence-corrected chi connectivity index (χ1v) is 7.72. The van der Waals surface area contributed by atoms with Crippen molar-refractivity contribution in [3.05, 3.63) is 78.2 Å². The van der Waals surface area contributed by atoms with Gasteiger partial charge in [0.1, 0.15) is 11.6 Å². The van der Waals surface area contributed by atoms with Gasteiger partial charge in [0.25, 0.3) is 0 Å². The molecular weight excluding hydrogens is 305 g/mol. The SMILES string of the molecule is CC(Nc1ccnc(-c2ccccc2)n1)C(O)c1ccc(F)cc1. The van der Waals surface area contributed by atoms with Crippen molar-refractivity contribution in [3.63, 3.8) is 0 Å². The van der Waals surface area contributed by atoms with Gasteiger partial charge in [-0.15, -0.1) is 0 Å². The fourth-order valence-corrected chi connectivity index (χ4v) is 2.43. The molecule has 1 aromatic heterocycles. The first-order valence-electron chi connectivity index (χ1n) is 7.72. The van der Waals surface area contributed by atoms with Gasteiger partial charge in [0.2, 0.25) is 0 Å². The molecule has 2 aromatic carbocycles. The summed E-state index contributed by atoms with van der Waals surface area (Å²) in [6, 6.07) is 17.0. The number of anilines is 1. The fourth-order valence-electron chi connectivity index (χ4n) is 2.43. The molecular formula is C19H18FN3O. The molecule has 0 fully saturated rings. The molecule has 0 amide bonds. The Labute approximate surface area is 140 Å². The second kappa shape index (κ2) is 7.19. The smallest absolute Gasteiger partial charge is 0.161 e. The third kappa shape index (κ3) is 3.75. The van der Waals surface area contributed by atoms with Crippen LogP contribution in [0.1, 0.15) is 18.6 Å². The van der Waals surface area contributed by atoms with Gasteiger partial charge in [-0.1, -0.05) is 42.5 Å². The molecule has 0 radical (unpaired) electrons. The van der Waals surface area contributed by atoms with E-state index in [4.69, 9.17) is 0 Å². The number of benzene rings is 2. The van der Waals surface area contributed by atoms with Crippen LogP contribution in [0.4, 0.5) is 10.2 Å². The van der Waals surface area contributed by atoms with E-state index in [-0.39, 0.29) is 11.9 Å². The Kier molecular flexibility index (Phi) is 4.82. The Morgan fingerprint density at radius 1 is 1.00 bits per heavy atom. The monoisotopic (exact) mass is 323 g/mol. The summed E-state index contributed by atoms with van der Waals surface area (Å²) in [7, 11) is 0. The summed E-state index contributed by atoms with van der Waals surface area (Å²) in [5, 5.41) is 13.6. The number of nitrogens with one attached hydrogen (secondary N) is 1. The number of nitrogens with zero attached hydrogens (tertiary/aromatic N) is 2. The molecule has 3 rings (SSSR count). The maximum absolute atomic E-state index is 13.0. The zero-order valence-corrected chi connectivity index (χ0v) is 13.2. The summed E-state index contributed by atoms with van der Waals surface area (Å²) in [4.78, 5) is 8.75. The Bertz CT molecular complexity index is 793. The number of aliphatic hydroxyl groups is 1. The second-order valence-electron chi connectivity index (χ2n) is 5.56. The van der Waals surface area contributed by atoms with E-state index in [0.29, 0.717) is 17.2 Å². The van der Waals surface area contributed by atoms with E-state index in [1.54, 1.807) is 24.4 Å². The second-order valence-corrected chi connectivity index (χ2v) is 5.56. The highest BCUT2D eigenvalue weighted by Gasteiger charge is 2.17. The van der Waals surface area contributed by atoms with Crippen molar-refractivity contribution in [1.82, 2.24) is 9.97 Å². The quantitative estimate of drug-likeness (QED) is 0.749. The van der Waals surface area contributed by atoms with Gasteiger partial charge in [-0.3, -0.25) is 0 Å². The summed E-state index contributed by atoms with van der Waals surface area (Å²) in [6.07, 6.45) is 0.898. The maximum atomic E-state index is 13.0. The number of hydrogen-bond acceptors (Lipinski definition) is 4. The normalized spacial score (nSPS) is 13.3. The summed E-state index contributed by atoms with van der Waals surface area (Å²) in [5.41, 5.74) is 1.57. The van der Waals surface area contributed by atoms with Crippen molar-refractivity contribution in [3.8, 4) is 11.4 Å². The molecule has 0 bridgehead atoms. The number of rotatable bonds is 5. The van der Waals surface area contributed by atoms with E-state index >= 15 is 0 Å². The number of aromatic nitrogens is 2. The van der Waals surface area contributed by atoms with Crippen molar-refractivity contribution in [2.24, 2.45) is 0 Å². The first-order chi connectivity index (χ1) is 11.6. The molecule has 4 nitrogen and oxygen atoms in total. The van der Waals surface area contributed by atoms with Crippen LogP contribution in [0.25, 0.3) is 11.4 Å². The summed E-state index contributed by atoms with van der Waals surface area (Å²) >= 11 is 0. The molecule has 3 aromatic rings. The molecule has 0 spiro atoms. The average molecular weight is 323 g/mol. The lowest BCUT2D eigenvalue weighted by Gasteiger charge is -2.21. The lowest BCUT2D eigenvalue weighted by molar-refractivity contribution is 0.160. The third-order valence-electron chi connectivity index (χ3n) is 3.75. The molecule has 24 heavy (non-hydrogen) atoms. The van der Waals surface area contributed by atoms with Crippen LogP contribution in [0.2, 0.25) is 0 Å². The molecule has 122 valence electrons. The van der Waals surface area contributed by atoms with Gasteiger partial charge in [-0.2, -0.15) is 0 Å². The lowest BCUT2D eigenvalue weighted by atomic mass is 10.0. The van der Waals surface area contributed by atoms with Crippen molar-refractivity contribution in [1.29, 1.82) is 0 Å². The van der Waals surface area contributed by atoms with Gasteiger partial charge in [0.15, 0.2) is 5.82 Å². The predicted molar refractivity (Wildman–Crippen MR) is 91.9 cm³/mol. The van der Waals surface area contributed by atoms with Gasteiger partial charge >= 0.3 is 0 Å². The van der Waals surface area contributed by atoms with Crippen molar-refractivity contribution < 1.29 is 9.50 Å².